The molecule has 2 aromatic rings. The van der Waals surface area contributed by atoms with Crippen LogP contribution in [-0.4, -0.2) is 17.3 Å². The molecule has 13 heavy (non-hydrogen) atoms. The van der Waals surface area contributed by atoms with E-state index in [9.17, 15) is 5.21 Å². The van der Waals surface area contributed by atoms with Crippen molar-refractivity contribution in [3.8, 4) is 5.75 Å². The summed E-state index contributed by atoms with van der Waals surface area (Å²) >= 11 is 0. The summed E-state index contributed by atoms with van der Waals surface area (Å²) in [5.74, 6) is 0.627. The Bertz CT molecular complexity index is 437. The number of ether oxygens (including phenoxy) is 1. The smallest absolute Gasteiger partial charge is 0.325 e. The van der Waals surface area contributed by atoms with Gasteiger partial charge in [-0.15, -0.1) is 0 Å². The Balaban J connectivity index is 2.87. The zero-order valence-corrected chi connectivity index (χ0v) is 7.14. The van der Waals surface area contributed by atoms with Crippen LogP contribution in [-0.2, 0) is 0 Å². The quantitative estimate of drug-likeness (QED) is 0.517. The minimum absolute atomic E-state index is 0.625. The summed E-state index contributed by atoms with van der Waals surface area (Å²) in [4.78, 5) is 3.85. The molecule has 0 aliphatic heterocycles. The first-order valence-electron chi connectivity index (χ1n) is 3.84. The van der Waals surface area contributed by atoms with Gasteiger partial charge in [0.25, 0.3) is 0 Å². The van der Waals surface area contributed by atoms with Crippen molar-refractivity contribution in [1.82, 2.24) is 4.98 Å². The lowest BCUT2D eigenvalue weighted by atomic mass is 10.2. The molecule has 0 fully saturated rings. The van der Waals surface area contributed by atoms with Gasteiger partial charge in [-0.05, 0) is 16.9 Å². The van der Waals surface area contributed by atoms with E-state index in [2.05, 4.69) is 4.98 Å². The largest absolute Gasteiger partial charge is 0.492 e. The molecule has 0 saturated carbocycles. The average molecular weight is 177 g/mol. The number of hydrogen-bond acceptors (Lipinski definition) is 3. The van der Waals surface area contributed by atoms with E-state index in [-0.39, 0.29) is 0 Å². The fourth-order valence-corrected chi connectivity index (χ4v) is 1.29. The van der Waals surface area contributed by atoms with Crippen LogP contribution in [0.5, 0.6) is 5.75 Å². The molecule has 0 aliphatic rings. The average Bonchev–Trinajstić information content (AvgIpc) is 2.17. The number of aromatic nitrogens is 2. The van der Waals surface area contributed by atoms with Crippen molar-refractivity contribution in [2.75, 3.05) is 7.11 Å². The van der Waals surface area contributed by atoms with E-state index in [0.717, 1.165) is 10.1 Å². The molecule has 0 saturated heterocycles. The molecule has 0 atom stereocenters. The van der Waals surface area contributed by atoms with Gasteiger partial charge in [0.05, 0.1) is 12.5 Å². The summed E-state index contributed by atoms with van der Waals surface area (Å²) in [5, 5.41) is 10.3. The predicted molar refractivity (Wildman–Crippen MR) is 45.7 cm³/mol. The fourth-order valence-electron chi connectivity index (χ4n) is 1.29. The number of nitrogens with zero attached hydrogens (tertiary/aromatic N) is 2. The fraction of sp³-hybridized carbons (Fsp3) is 0.111. The highest BCUT2D eigenvalue weighted by Gasteiger charge is 2.10. The van der Waals surface area contributed by atoms with E-state index in [1.54, 1.807) is 19.4 Å². The van der Waals surface area contributed by atoms with Crippen LogP contribution in [0.2, 0.25) is 0 Å². The molecule has 0 amide bonds. The third-order valence-electron chi connectivity index (χ3n) is 1.87. The third kappa shape index (κ3) is 1.16. The lowest BCUT2D eigenvalue weighted by Crippen LogP contribution is -2.31. The molecule has 0 spiro atoms. The second kappa shape index (κ2) is 2.90. The summed E-state index contributed by atoms with van der Waals surface area (Å²) in [5.41, 5.74) is 0.625. The first-order chi connectivity index (χ1) is 6.33. The first-order valence-corrected chi connectivity index (χ1v) is 3.84. The monoisotopic (exact) mass is 177 g/mol. The molecule has 1 heterocycles. The van der Waals surface area contributed by atoms with Crippen LogP contribution in [0.4, 0.5) is 0 Å². The van der Waals surface area contributed by atoms with E-state index < -0.39 is 0 Å². The van der Waals surface area contributed by atoms with E-state index in [4.69, 9.17) is 4.74 Å². The van der Waals surface area contributed by atoms with Gasteiger partial charge < -0.3 is 9.94 Å². The molecule has 4 nitrogen and oxygen atoms in total. The van der Waals surface area contributed by atoms with Crippen LogP contribution < -0.4 is 9.47 Å². The van der Waals surface area contributed by atoms with Crippen LogP contribution in [0.3, 0.4) is 0 Å². The van der Waals surface area contributed by atoms with Crippen LogP contribution in [0.15, 0.2) is 30.7 Å². The highest BCUT2D eigenvalue weighted by molar-refractivity contribution is 5.80. The zero-order valence-electron chi connectivity index (χ0n) is 7.14. The maximum atomic E-state index is 9.46. The summed E-state index contributed by atoms with van der Waals surface area (Å²) in [6.45, 7) is 0. The van der Waals surface area contributed by atoms with Crippen molar-refractivity contribution >= 4 is 10.9 Å². The molecule has 1 N–H and O–H groups in total. The normalized spacial score (nSPS) is 10.2. The Labute approximate surface area is 75.0 Å². The molecule has 0 bridgehead atoms. The minimum Gasteiger partial charge on any atom is -0.492 e. The Kier molecular flexibility index (Phi) is 1.73. The van der Waals surface area contributed by atoms with Gasteiger partial charge in [0.1, 0.15) is 0 Å². The van der Waals surface area contributed by atoms with E-state index in [1.807, 2.05) is 12.1 Å². The van der Waals surface area contributed by atoms with Gasteiger partial charge in [0, 0.05) is 0 Å². The predicted octanol–water partition coefficient (Wildman–Crippen LogP) is 0.768. The van der Waals surface area contributed by atoms with Crippen molar-refractivity contribution in [1.29, 1.82) is 0 Å². The van der Waals surface area contributed by atoms with E-state index in [1.165, 1.54) is 6.33 Å². The van der Waals surface area contributed by atoms with Crippen molar-refractivity contribution in [3.63, 3.8) is 0 Å². The summed E-state index contributed by atoms with van der Waals surface area (Å²) < 4.78 is 6.05. The maximum absolute atomic E-state index is 9.46. The minimum atomic E-state index is 0.625. The number of hydrogen-bond donors (Lipinski definition) is 1. The molecule has 2 rings (SSSR count). The summed E-state index contributed by atoms with van der Waals surface area (Å²) in [7, 11) is 1.56. The summed E-state index contributed by atoms with van der Waals surface area (Å²) in [6.07, 6.45) is 3.00. The van der Waals surface area contributed by atoms with Gasteiger partial charge in [0.15, 0.2) is 11.9 Å². The molecular weight excluding hydrogens is 168 g/mol. The molecule has 1 aromatic carbocycles. The van der Waals surface area contributed by atoms with Gasteiger partial charge >= 0.3 is 6.33 Å². The maximum Gasteiger partial charge on any atom is 0.325 e. The number of para-hydroxylation sites is 1. The lowest BCUT2D eigenvalue weighted by molar-refractivity contribution is -0.886. The Morgan fingerprint density at radius 1 is 1.46 bits per heavy atom. The van der Waals surface area contributed by atoms with Crippen molar-refractivity contribution in [2.45, 2.75) is 0 Å². The molecule has 1 aromatic heterocycles. The first kappa shape index (κ1) is 7.79. The Morgan fingerprint density at radius 3 is 3.08 bits per heavy atom. The number of rotatable bonds is 1. The van der Waals surface area contributed by atoms with E-state index in [0.29, 0.717) is 11.3 Å². The van der Waals surface area contributed by atoms with E-state index >= 15 is 0 Å². The van der Waals surface area contributed by atoms with Crippen LogP contribution in [0.25, 0.3) is 10.9 Å². The van der Waals surface area contributed by atoms with Crippen molar-refractivity contribution < 1.29 is 14.7 Å². The van der Waals surface area contributed by atoms with Crippen molar-refractivity contribution in [3.05, 3.63) is 30.7 Å². The van der Waals surface area contributed by atoms with Gasteiger partial charge in [-0.3, -0.25) is 0 Å². The second-order valence-corrected chi connectivity index (χ2v) is 2.64. The third-order valence-corrected chi connectivity index (χ3v) is 1.87. The Morgan fingerprint density at radius 2 is 2.31 bits per heavy atom. The highest BCUT2D eigenvalue weighted by atomic mass is 16.5. The van der Waals surface area contributed by atoms with Gasteiger partial charge in [-0.1, -0.05) is 11.1 Å². The van der Waals surface area contributed by atoms with Crippen LogP contribution >= 0.6 is 0 Å². The standard InChI is InChI=1S/C9H9N2O2/c1-13-8-4-2-3-7-5-10-6-11(12)9(7)8/h2-6,12H,1H3/q+1. The lowest BCUT2D eigenvalue weighted by Gasteiger charge is -2.01. The molecule has 4 heteroatoms. The van der Waals surface area contributed by atoms with Gasteiger partial charge in [-0.2, -0.15) is 0 Å². The van der Waals surface area contributed by atoms with Gasteiger partial charge in [0.2, 0.25) is 5.52 Å². The van der Waals surface area contributed by atoms with Gasteiger partial charge in [-0.25, -0.2) is 0 Å². The SMILES string of the molecule is COc1cccc2cnc[n+](O)c12. The number of benzene rings is 1. The topological polar surface area (TPSA) is 46.2 Å². The zero-order chi connectivity index (χ0) is 9.26. The number of methoxy groups -OCH3 is 1. The van der Waals surface area contributed by atoms with Crippen LogP contribution in [0.1, 0.15) is 0 Å². The summed E-state index contributed by atoms with van der Waals surface area (Å²) in [6, 6.07) is 5.50. The van der Waals surface area contributed by atoms with Crippen molar-refractivity contribution in [2.24, 2.45) is 0 Å². The highest BCUT2D eigenvalue weighted by Crippen LogP contribution is 2.19. The van der Waals surface area contributed by atoms with Crippen LogP contribution in [0, 0.1) is 0 Å². The molecular formula is C9H9N2O2+. The number of fused-ring (bicyclic) bond motifs is 1. The molecule has 0 radical (unpaired) electrons. The molecule has 66 valence electrons. The molecule has 0 unspecified atom stereocenters. The second-order valence-electron chi connectivity index (χ2n) is 2.64. The molecule has 0 aliphatic carbocycles. The Hall–Kier alpha value is -1.84.